The predicted octanol–water partition coefficient (Wildman–Crippen LogP) is 3.06. The topological polar surface area (TPSA) is 46.2 Å². The predicted molar refractivity (Wildman–Crippen MR) is 75.6 cm³/mol. The molecule has 3 nitrogen and oxygen atoms in total. The fourth-order valence-electron chi connectivity index (χ4n) is 1.72. The number of hydrogen-bond acceptors (Lipinski definition) is 3. The summed E-state index contributed by atoms with van der Waals surface area (Å²) in [5, 5.41) is 3.24. The molecule has 0 bridgehead atoms. The molecule has 17 heavy (non-hydrogen) atoms. The maximum absolute atomic E-state index is 11.6. The number of alkyl halides is 1. The molecule has 1 aromatic carbocycles. The van der Waals surface area contributed by atoms with Gasteiger partial charge in [-0.2, -0.15) is 0 Å². The Bertz CT molecular complexity index is 471. The first kappa shape index (κ1) is 14.5. The number of halogens is 1. The summed E-state index contributed by atoms with van der Waals surface area (Å²) in [4.78, 5) is 0.754. The van der Waals surface area contributed by atoms with Gasteiger partial charge in [0.2, 0.25) is 0 Å². The van der Waals surface area contributed by atoms with Gasteiger partial charge in [-0.3, -0.25) is 0 Å². The first-order valence-electron chi connectivity index (χ1n) is 5.50. The molecule has 0 aliphatic carbocycles. The van der Waals surface area contributed by atoms with Gasteiger partial charge in [0.25, 0.3) is 0 Å². The van der Waals surface area contributed by atoms with E-state index >= 15 is 0 Å². The Morgan fingerprint density at radius 2 is 1.88 bits per heavy atom. The zero-order chi connectivity index (χ0) is 13.1. The lowest BCUT2D eigenvalue weighted by atomic mass is 10.2. The van der Waals surface area contributed by atoms with Crippen LogP contribution in [0, 0.1) is 0 Å². The molecule has 0 fully saturated rings. The van der Waals surface area contributed by atoms with Crippen molar-refractivity contribution < 1.29 is 8.42 Å². The molecule has 0 heterocycles. The molecule has 0 saturated heterocycles. The summed E-state index contributed by atoms with van der Waals surface area (Å²) in [6.07, 6.45) is 2.16. The van der Waals surface area contributed by atoms with E-state index in [0.717, 1.165) is 6.42 Å². The van der Waals surface area contributed by atoms with E-state index in [0.29, 0.717) is 15.4 Å². The van der Waals surface area contributed by atoms with Crippen LogP contribution < -0.4 is 5.32 Å². The summed E-state index contributed by atoms with van der Waals surface area (Å²) in [5.74, 6) is 0. The number of hydrogen-bond donors (Lipinski definition) is 1. The Morgan fingerprint density at radius 1 is 1.29 bits per heavy atom. The third-order valence-corrected chi connectivity index (χ3v) is 3.90. The quantitative estimate of drug-likeness (QED) is 0.848. The van der Waals surface area contributed by atoms with Crippen LogP contribution >= 0.6 is 15.9 Å². The highest BCUT2D eigenvalue weighted by molar-refractivity contribution is 9.09. The van der Waals surface area contributed by atoms with Crippen LogP contribution in [0.25, 0.3) is 0 Å². The summed E-state index contributed by atoms with van der Waals surface area (Å²) in [5.41, 5.74) is 0.677. The Hall–Kier alpha value is -0.550. The highest BCUT2D eigenvalue weighted by Crippen LogP contribution is 2.22. The minimum atomic E-state index is -3.18. The van der Waals surface area contributed by atoms with Crippen molar-refractivity contribution in [1.29, 1.82) is 0 Å². The first-order chi connectivity index (χ1) is 7.80. The minimum absolute atomic E-state index is 0.215. The smallest absolute Gasteiger partial charge is 0.177 e. The summed E-state index contributed by atoms with van der Waals surface area (Å²) in [6.45, 7) is 4.11. The highest BCUT2D eigenvalue weighted by Gasteiger charge is 2.14. The molecule has 0 saturated carbocycles. The maximum Gasteiger partial charge on any atom is 0.177 e. The van der Waals surface area contributed by atoms with Crippen molar-refractivity contribution in [3.8, 4) is 0 Å². The molecule has 1 N–H and O–H groups in total. The van der Waals surface area contributed by atoms with Crippen LogP contribution in [0.2, 0.25) is 0 Å². The van der Waals surface area contributed by atoms with E-state index in [2.05, 4.69) is 28.2 Å². The van der Waals surface area contributed by atoms with E-state index in [9.17, 15) is 8.42 Å². The molecule has 0 spiro atoms. The largest absolute Gasteiger partial charge is 0.381 e. The molecule has 0 aromatic heterocycles. The van der Waals surface area contributed by atoms with E-state index in [1.54, 1.807) is 18.2 Å². The van der Waals surface area contributed by atoms with Crippen molar-refractivity contribution in [2.45, 2.75) is 36.0 Å². The van der Waals surface area contributed by atoms with Crippen LogP contribution in [0.1, 0.15) is 20.3 Å². The second-order valence-corrected chi connectivity index (χ2v) is 7.88. The van der Waals surface area contributed by atoms with Crippen LogP contribution in [0.5, 0.6) is 0 Å². The number of benzene rings is 1. The summed E-state index contributed by atoms with van der Waals surface area (Å²) in [7, 11) is -3.18. The van der Waals surface area contributed by atoms with Crippen LogP contribution in [0.15, 0.2) is 29.2 Å². The molecule has 2 atom stereocenters. The standard InChI is InChI=1S/C12H18BrNO2S/c1-9(13)8-10(2)14-11-6-4-5-7-12(11)17(3,15)16/h4-7,9-10,14H,8H2,1-3H3. The third kappa shape index (κ3) is 4.68. The second kappa shape index (κ2) is 5.87. The molecule has 0 amide bonds. The summed E-state index contributed by atoms with van der Waals surface area (Å²) < 4.78 is 23.2. The molecule has 5 heteroatoms. The minimum Gasteiger partial charge on any atom is -0.381 e. The summed E-state index contributed by atoms with van der Waals surface area (Å²) >= 11 is 3.49. The fraction of sp³-hybridized carbons (Fsp3) is 0.500. The molecule has 2 unspecified atom stereocenters. The van der Waals surface area contributed by atoms with Crippen molar-refractivity contribution in [2.24, 2.45) is 0 Å². The number of nitrogens with one attached hydrogen (secondary N) is 1. The zero-order valence-electron chi connectivity index (χ0n) is 10.3. The van der Waals surface area contributed by atoms with Gasteiger partial charge in [-0.05, 0) is 25.5 Å². The van der Waals surface area contributed by atoms with Crippen molar-refractivity contribution in [3.05, 3.63) is 24.3 Å². The highest BCUT2D eigenvalue weighted by atomic mass is 79.9. The number of para-hydroxylation sites is 1. The van der Waals surface area contributed by atoms with Crippen LogP contribution in [0.4, 0.5) is 5.69 Å². The van der Waals surface area contributed by atoms with Gasteiger partial charge in [0, 0.05) is 17.1 Å². The van der Waals surface area contributed by atoms with Gasteiger partial charge in [-0.15, -0.1) is 0 Å². The third-order valence-electron chi connectivity index (χ3n) is 2.37. The normalized spacial score (nSPS) is 15.3. The SMILES string of the molecule is CC(Br)CC(C)Nc1ccccc1S(C)(=O)=O. The number of anilines is 1. The Balaban J connectivity index is 2.92. The van der Waals surface area contributed by atoms with Gasteiger partial charge < -0.3 is 5.32 Å². The first-order valence-corrected chi connectivity index (χ1v) is 8.31. The number of rotatable bonds is 5. The van der Waals surface area contributed by atoms with E-state index in [4.69, 9.17) is 0 Å². The molecule has 0 radical (unpaired) electrons. The number of sulfone groups is 1. The lowest BCUT2D eigenvalue weighted by Crippen LogP contribution is -2.19. The van der Waals surface area contributed by atoms with Gasteiger partial charge in [0.1, 0.15) is 0 Å². The average molecular weight is 320 g/mol. The monoisotopic (exact) mass is 319 g/mol. The van der Waals surface area contributed by atoms with E-state index in [1.807, 2.05) is 13.0 Å². The van der Waals surface area contributed by atoms with E-state index in [1.165, 1.54) is 6.26 Å². The van der Waals surface area contributed by atoms with Crippen molar-refractivity contribution >= 4 is 31.5 Å². The van der Waals surface area contributed by atoms with E-state index in [-0.39, 0.29) is 6.04 Å². The van der Waals surface area contributed by atoms with Crippen molar-refractivity contribution in [3.63, 3.8) is 0 Å². The van der Waals surface area contributed by atoms with Crippen LogP contribution in [-0.2, 0) is 9.84 Å². The lowest BCUT2D eigenvalue weighted by Gasteiger charge is -2.18. The fourth-order valence-corrected chi connectivity index (χ4v) is 3.13. The Kier molecular flexibility index (Phi) is 5.01. The lowest BCUT2D eigenvalue weighted by molar-refractivity contribution is 0.602. The Labute approximate surface area is 112 Å². The maximum atomic E-state index is 11.6. The van der Waals surface area contributed by atoms with E-state index < -0.39 is 9.84 Å². The van der Waals surface area contributed by atoms with Crippen LogP contribution in [-0.4, -0.2) is 25.5 Å². The summed E-state index contributed by atoms with van der Waals surface area (Å²) in [6, 6.07) is 7.21. The average Bonchev–Trinajstić information content (AvgIpc) is 2.15. The van der Waals surface area contributed by atoms with Gasteiger partial charge in [0.05, 0.1) is 10.6 Å². The van der Waals surface area contributed by atoms with Gasteiger partial charge in [-0.25, -0.2) is 8.42 Å². The molecular formula is C12H18BrNO2S. The molecule has 1 rings (SSSR count). The molecular weight excluding hydrogens is 302 g/mol. The Morgan fingerprint density at radius 3 is 2.41 bits per heavy atom. The molecule has 0 aliphatic rings. The van der Waals surface area contributed by atoms with Gasteiger partial charge >= 0.3 is 0 Å². The molecule has 96 valence electrons. The molecule has 0 aliphatic heterocycles. The second-order valence-electron chi connectivity index (χ2n) is 4.33. The van der Waals surface area contributed by atoms with Crippen LogP contribution in [0.3, 0.4) is 0 Å². The van der Waals surface area contributed by atoms with Crippen molar-refractivity contribution in [2.75, 3.05) is 11.6 Å². The van der Waals surface area contributed by atoms with Gasteiger partial charge in [-0.1, -0.05) is 35.0 Å². The van der Waals surface area contributed by atoms with Crippen molar-refractivity contribution in [1.82, 2.24) is 0 Å². The zero-order valence-corrected chi connectivity index (χ0v) is 12.7. The van der Waals surface area contributed by atoms with Gasteiger partial charge in [0.15, 0.2) is 9.84 Å². The molecule has 1 aromatic rings.